The van der Waals surface area contributed by atoms with Crippen molar-refractivity contribution in [2.75, 3.05) is 27.4 Å². The number of likely N-dealkylation sites (tertiary alicyclic amines) is 1. The number of β-amino-alcohol motifs (C(OH)–C–C–N with tert-alkyl or cyclic N) is 1. The van der Waals surface area contributed by atoms with Gasteiger partial charge in [0.2, 0.25) is 0 Å². The van der Waals surface area contributed by atoms with Crippen LogP contribution in [0.5, 0.6) is 0 Å². The van der Waals surface area contributed by atoms with Gasteiger partial charge in [0, 0.05) is 32.7 Å². The first-order valence-corrected chi connectivity index (χ1v) is 7.94. The van der Waals surface area contributed by atoms with E-state index in [1.165, 1.54) is 25.7 Å². The Bertz CT molecular complexity index is 328. The van der Waals surface area contributed by atoms with E-state index in [0.717, 1.165) is 0 Å². The Hall–Kier alpha value is -0.160. The third kappa shape index (κ3) is 2.12. The third-order valence-electron chi connectivity index (χ3n) is 5.94. The molecule has 0 amide bonds. The molecule has 3 atom stereocenters. The fraction of sp³-hybridized carbons (Fsp3) is 1.00. The van der Waals surface area contributed by atoms with Gasteiger partial charge in [-0.2, -0.15) is 0 Å². The molecule has 0 aromatic carbocycles. The fourth-order valence-electron chi connectivity index (χ4n) is 5.07. The van der Waals surface area contributed by atoms with Crippen molar-refractivity contribution in [3.8, 4) is 0 Å². The molecule has 3 unspecified atom stereocenters. The van der Waals surface area contributed by atoms with Crippen molar-refractivity contribution in [2.45, 2.75) is 63.8 Å². The van der Waals surface area contributed by atoms with Gasteiger partial charge in [0.05, 0.1) is 12.1 Å². The number of piperidine rings is 1. The second-order valence-electron chi connectivity index (χ2n) is 6.86. The van der Waals surface area contributed by atoms with Crippen LogP contribution in [0.25, 0.3) is 0 Å². The van der Waals surface area contributed by atoms with Gasteiger partial charge in [-0.05, 0) is 32.6 Å². The highest BCUT2D eigenvalue weighted by Crippen LogP contribution is 2.52. The lowest BCUT2D eigenvalue weighted by Crippen LogP contribution is -2.75. The Kier molecular flexibility index (Phi) is 4.80. The molecule has 0 aromatic heterocycles. The number of hydrogen-bond donors (Lipinski definition) is 1. The highest BCUT2D eigenvalue weighted by atomic mass is 16.7. The average molecular weight is 285 g/mol. The van der Waals surface area contributed by atoms with E-state index < -0.39 is 5.79 Å². The normalized spacial score (nSPS) is 36.6. The summed E-state index contributed by atoms with van der Waals surface area (Å²) in [6, 6.07) is 0.541. The largest absolute Gasteiger partial charge is 0.395 e. The summed E-state index contributed by atoms with van der Waals surface area (Å²) < 4.78 is 11.9. The van der Waals surface area contributed by atoms with E-state index in [-0.39, 0.29) is 12.1 Å². The van der Waals surface area contributed by atoms with Crippen molar-refractivity contribution in [2.24, 2.45) is 11.8 Å². The summed E-state index contributed by atoms with van der Waals surface area (Å²) in [6.45, 7) is 7.53. The molecular formula is C16H31NO3. The molecule has 1 N–H and O–H groups in total. The first-order chi connectivity index (χ1) is 9.46. The molecule has 0 radical (unpaired) electrons. The van der Waals surface area contributed by atoms with Crippen LogP contribution in [0.3, 0.4) is 0 Å². The van der Waals surface area contributed by atoms with Crippen LogP contribution in [0.1, 0.15) is 46.5 Å². The second kappa shape index (κ2) is 5.91. The fourth-order valence-corrected chi connectivity index (χ4v) is 5.07. The van der Waals surface area contributed by atoms with Crippen molar-refractivity contribution in [1.82, 2.24) is 4.90 Å². The molecule has 1 heterocycles. The zero-order valence-corrected chi connectivity index (χ0v) is 13.7. The first kappa shape index (κ1) is 16.2. The van der Waals surface area contributed by atoms with Crippen molar-refractivity contribution in [3.05, 3.63) is 0 Å². The van der Waals surface area contributed by atoms with Crippen LogP contribution in [-0.2, 0) is 9.47 Å². The molecular weight excluding hydrogens is 254 g/mol. The van der Waals surface area contributed by atoms with E-state index in [4.69, 9.17) is 9.47 Å². The van der Waals surface area contributed by atoms with Crippen LogP contribution < -0.4 is 0 Å². The predicted octanol–water partition coefficient (Wildman–Crippen LogP) is 2.26. The predicted molar refractivity (Wildman–Crippen MR) is 79.5 cm³/mol. The monoisotopic (exact) mass is 285 g/mol. The maximum atomic E-state index is 9.50. The Labute approximate surface area is 123 Å². The van der Waals surface area contributed by atoms with Gasteiger partial charge in [0.15, 0.2) is 5.79 Å². The van der Waals surface area contributed by atoms with E-state index in [1.807, 2.05) is 0 Å². The summed E-state index contributed by atoms with van der Waals surface area (Å²) in [7, 11) is 3.50. The molecule has 20 heavy (non-hydrogen) atoms. The van der Waals surface area contributed by atoms with Crippen LogP contribution in [0.15, 0.2) is 0 Å². The van der Waals surface area contributed by atoms with Gasteiger partial charge in [-0.15, -0.1) is 0 Å². The standard InChI is InChI=1S/C16H31NO3/c1-12-13-8-6-7-9-14(13)17(10-11-18)15(2,3)16(12,19-4)20-5/h12-14,18H,6-11H2,1-5H3. The second-order valence-corrected chi connectivity index (χ2v) is 6.86. The number of aliphatic hydroxyl groups is 1. The molecule has 0 spiro atoms. The van der Waals surface area contributed by atoms with Crippen molar-refractivity contribution in [3.63, 3.8) is 0 Å². The number of fused-ring (bicyclic) bond motifs is 1. The Morgan fingerprint density at radius 1 is 1.15 bits per heavy atom. The molecule has 2 fully saturated rings. The summed E-state index contributed by atoms with van der Waals surface area (Å²) in [5.74, 6) is 0.330. The first-order valence-electron chi connectivity index (χ1n) is 7.94. The molecule has 4 heteroatoms. The van der Waals surface area contributed by atoms with Crippen LogP contribution in [0.2, 0.25) is 0 Å². The topological polar surface area (TPSA) is 41.9 Å². The number of rotatable bonds is 4. The molecule has 4 nitrogen and oxygen atoms in total. The highest BCUT2D eigenvalue weighted by Gasteiger charge is 2.62. The lowest BCUT2D eigenvalue weighted by Gasteiger charge is -2.63. The SMILES string of the molecule is COC1(OC)C(C)C2CCCCC2N(CCO)C1(C)C. The van der Waals surface area contributed by atoms with Crippen molar-refractivity contribution >= 4 is 0 Å². The van der Waals surface area contributed by atoms with Crippen LogP contribution in [0, 0.1) is 11.8 Å². The maximum Gasteiger partial charge on any atom is 0.188 e. The molecule has 0 bridgehead atoms. The Morgan fingerprint density at radius 2 is 1.75 bits per heavy atom. The van der Waals surface area contributed by atoms with Crippen molar-refractivity contribution < 1.29 is 14.6 Å². The summed E-state index contributed by atoms with van der Waals surface area (Å²) in [5, 5.41) is 9.50. The number of ether oxygens (including phenoxy) is 2. The van der Waals surface area contributed by atoms with Crippen LogP contribution in [0.4, 0.5) is 0 Å². The Balaban J connectivity index is 2.44. The van der Waals surface area contributed by atoms with E-state index in [9.17, 15) is 5.11 Å². The maximum absolute atomic E-state index is 9.50. The average Bonchev–Trinajstić information content (AvgIpc) is 2.45. The summed E-state index contributed by atoms with van der Waals surface area (Å²) >= 11 is 0. The van der Waals surface area contributed by atoms with E-state index in [0.29, 0.717) is 24.4 Å². The lowest BCUT2D eigenvalue weighted by molar-refractivity contribution is -0.337. The van der Waals surface area contributed by atoms with Crippen LogP contribution >= 0.6 is 0 Å². The van der Waals surface area contributed by atoms with E-state index >= 15 is 0 Å². The van der Waals surface area contributed by atoms with Gasteiger partial charge in [0.25, 0.3) is 0 Å². The van der Waals surface area contributed by atoms with Gasteiger partial charge in [0.1, 0.15) is 0 Å². The van der Waals surface area contributed by atoms with Gasteiger partial charge in [-0.25, -0.2) is 0 Å². The molecule has 118 valence electrons. The molecule has 1 saturated carbocycles. The molecule has 2 aliphatic rings. The van der Waals surface area contributed by atoms with Gasteiger partial charge < -0.3 is 14.6 Å². The lowest BCUT2D eigenvalue weighted by atomic mass is 9.63. The molecule has 1 aliphatic heterocycles. The highest BCUT2D eigenvalue weighted by molar-refractivity contribution is 5.10. The summed E-state index contributed by atoms with van der Waals surface area (Å²) in [6.07, 6.45) is 5.04. The third-order valence-corrected chi connectivity index (χ3v) is 5.94. The van der Waals surface area contributed by atoms with E-state index in [2.05, 4.69) is 25.7 Å². The van der Waals surface area contributed by atoms with Gasteiger partial charge in [-0.3, -0.25) is 4.90 Å². The summed E-state index contributed by atoms with van der Waals surface area (Å²) in [5.41, 5.74) is -0.253. The zero-order chi connectivity index (χ0) is 15.0. The minimum absolute atomic E-state index is 0.185. The minimum Gasteiger partial charge on any atom is -0.395 e. The number of hydrogen-bond acceptors (Lipinski definition) is 4. The smallest absolute Gasteiger partial charge is 0.188 e. The summed E-state index contributed by atoms with van der Waals surface area (Å²) in [4.78, 5) is 2.43. The van der Waals surface area contributed by atoms with Gasteiger partial charge >= 0.3 is 0 Å². The molecule has 0 aromatic rings. The van der Waals surface area contributed by atoms with Crippen molar-refractivity contribution in [1.29, 1.82) is 0 Å². The number of nitrogens with zero attached hydrogens (tertiary/aromatic N) is 1. The number of aliphatic hydroxyl groups excluding tert-OH is 1. The molecule has 1 saturated heterocycles. The number of methoxy groups -OCH3 is 2. The quantitative estimate of drug-likeness (QED) is 0.805. The van der Waals surface area contributed by atoms with Crippen LogP contribution in [-0.4, -0.2) is 54.7 Å². The van der Waals surface area contributed by atoms with E-state index in [1.54, 1.807) is 14.2 Å². The zero-order valence-electron chi connectivity index (χ0n) is 13.7. The van der Waals surface area contributed by atoms with Gasteiger partial charge in [-0.1, -0.05) is 19.8 Å². The molecule has 1 aliphatic carbocycles. The molecule has 2 rings (SSSR count). The Morgan fingerprint density at radius 3 is 2.30 bits per heavy atom. The minimum atomic E-state index is -0.610.